The fourth-order valence-corrected chi connectivity index (χ4v) is 8.67. The molecule has 3 aliphatic rings. The zero-order chi connectivity index (χ0) is 37.0. The molecule has 268 valence electrons. The van der Waals surface area contributed by atoms with Crippen molar-refractivity contribution >= 4 is 45.7 Å². The molecule has 11 rings (SSSR count). The molecule has 0 unspecified atom stereocenters. The summed E-state index contributed by atoms with van der Waals surface area (Å²) in [5.41, 5.74) is 12.1. The smallest absolute Gasteiger partial charge is 0.164 e. The summed E-state index contributed by atoms with van der Waals surface area (Å²) in [4.78, 5) is 15.4. The summed E-state index contributed by atoms with van der Waals surface area (Å²) >= 11 is 0. The van der Waals surface area contributed by atoms with E-state index in [1.54, 1.807) is 0 Å². The number of aromatic nitrogens is 4. The molecule has 3 heterocycles. The second-order valence-electron chi connectivity index (χ2n) is 14.9. The summed E-state index contributed by atoms with van der Waals surface area (Å²) in [7, 11) is 0. The van der Waals surface area contributed by atoms with Crippen LogP contribution in [0, 0.1) is 0 Å². The van der Waals surface area contributed by atoms with Crippen molar-refractivity contribution in [2.45, 2.75) is 38.5 Å². The third-order valence-corrected chi connectivity index (χ3v) is 11.4. The number of rotatable bonds is 6. The first-order valence-corrected chi connectivity index (χ1v) is 19.7. The normalized spacial score (nSPS) is 14.6. The molecule has 0 saturated carbocycles. The minimum Gasteiger partial charge on any atom is -0.460 e. The second-order valence-corrected chi connectivity index (χ2v) is 14.9. The van der Waals surface area contributed by atoms with Crippen LogP contribution in [0.15, 0.2) is 144 Å². The Labute approximate surface area is 325 Å². The lowest BCUT2D eigenvalue weighted by Crippen LogP contribution is -2.30. The van der Waals surface area contributed by atoms with Gasteiger partial charge in [0.25, 0.3) is 0 Å². The molecule has 56 heavy (non-hydrogen) atoms. The number of hydrogen-bond donors (Lipinski definition) is 0. The van der Waals surface area contributed by atoms with Gasteiger partial charge >= 0.3 is 0 Å². The van der Waals surface area contributed by atoms with Gasteiger partial charge in [-0.1, -0.05) is 121 Å². The maximum absolute atomic E-state index is 6.24. The maximum Gasteiger partial charge on any atom is 0.164 e. The van der Waals surface area contributed by atoms with E-state index in [-0.39, 0.29) is 0 Å². The van der Waals surface area contributed by atoms with Crippen molar-refractivity contribution in [1.82, 2.24) is 19.5 Å². The summed E-state index contributed by atoms with van der Waals surface area (Å²) < 4.78 is 8.67. The van der Waals surface area contributed by atoms with Gasteiger partial charge in [-0.2, -0.15) is 0 Å². The molecule has 0 bridgehead atoms. The van der Waals surface area contributed by atoms with Crippen LogP contribution in [0.5, 0.6) is 0 Å². The van der Waals surface area contributed by atoms with Crippen molar-refractivity contribution < 1.29 is 4.42 Å². The Morgan fingerprint density at radius 3 is 2.11 bits per heavy atom. The molecular formula is C51H38N4O. The van der Waals surface area contributed by atoms with Crippen LogP contribution in [-0.4, -0.2) is 19.5 Å². The zero-order valence-corrected chi connectivity index (χ0v) is 31.0. The zero-order valence-electron chi connectivity index (χ0n) is 31.0. The van der Waals surface area contributed by atoms with Gasteiger partial charge < -0.3 is 8.98 Å². The Hall–Kier alpha value is -6.85. The molecule has 5 aromatic carbocycles. The molecule has 0 amide bonds. The van der Waals surface area contributed by atoms with Gasteiger partial charge in [-0.25, -0.2) is 15.0 Å². The number of aryl methyl sites for hydroxylation is 1. The fourth-order valence-electron chi connectivity index (χ4n) is 8.67. The van der Waals surface area contributed by atoms with Crippen LogP contribution in [0.2, 0.25) is 0 Å². The second kappa shape index (κ2) is 13.5. The lowest BCUT2D eigenvalue weighted by atomic mass is 9.91. The molecule has 0 saturated heterocycles. The average Bonchev–Trinajstić information content (AvgIpc) is 3.82. The quantitative estimate of drug-likeness (QED) is 0.171. The van der Waals surface area contributed by atoms with Crippen molar-refractivity contribution in [2.75, 3.05) is 0 Å². The largest absolute Gasteiger partial charge is 0.460 e. The van der Waals surface area contributed by atoms with Crippen LogP contribution in [0.3, 0.4) is 0 Å². The van der Waals surface area contributed by atoms with E-state index in [0.29, 0.717) is 17.5 Å². The minimum absolute atomic E-state index is 0.633. The van der Waals surface area contributed by atoms with Crippen molar-refractivity contribution in [3.8, 4) is 51.0 Å². The number of hydrogen-bond acceptors (Lipinski definition) is 4. The molecule has 3 aliphatic carbocycles. The third kappa shape index (κ3) is 5.58. The molecular weight excluding hydrogens is 685 g/mol. The SMILES string of the molecule is C1=CC(c2ccccc2-c2ccc3c4c(n(-c5cccc(-c6nc(-c7ccccc7)nc(-c7ccc8oc9c(c8c7)C=CCC9)n6)c5)c3c2)=CCCC=4)=CCC1. The van der Waals surface area contributed by atoms with Crippen molar-refractivity contribution in [3.63, 3.8) is 0 Å². The van der Waals surface area contributed by atoms with Gasteiger partial charge in [0.2, 0.25) is 0 Å². The molecule has 5 heteroatoms. The van der Waals surface area contributed by atoms with E-state index >= 15 is 0 Å². The fraction of sp³-hybridized carbons (Fsp3) is 0.118. The van der Waals surface area contributed by atoms with Gasteiger partial charge in [0, 0.05) is 55.7 Å². The Morgan fingerprint density at radius 1 is 0.518 bits per heavy atom. The summed E-state index contributed by atoms with van der Waals surface area (Å²) in [5.74, 6) is 2.95. The third-order valence-electron chi connectivity index (χ3n) is 11.4. The van der Waals surface area contributed by atoms with Gasteiger partial charge in [0.15, 0.2) is 17.5 Å². The van der Waals surface area contributed by atoms with E-state index in [1.807, 2.05) is 24.3 Å². The molecule has 0 fully saturated rings. The monoisotopic (exact) mass is 722 g/mol. The Kier molecular flexibility index (Phi) is 7.83. The summed E-state index contributed by atoms with van der Waals surface area (Å²) in [6.45, 7) is 0. The van der Waals surface area contributed by atoms with Crippen LogP contribution >= 0.6 is 0 Å². The van der Waals surface area contributed by atoms with Gasteiger partial charge in [-0.3, -0.25) is 0 Å². The first kappa shape index (κ1) is 32.6. The van der Waals surface area contributed by atoms with E-state index in [9.17, 15) is 0 Å². The Balaban J connectivity index is 1.07. The number of fused-ring (bicyclic) bond motifs is 6. The number of allylic oxidation sites excluding steroid dienone is 5. The highest BCUT2D eigenvalue weighted by atomic mass is 16.3. The topological polar surface area (TPSA) is 56.7 Å². The van der Waals surface area contributed by atoms with E-state index in [1.165, 1.54) is 43.7 Å². The standard InChI is InChI=1S/C51H38N4O/c1-3-14-33(15-4-1)39-20-7-8-21-40(39)35-26-28-42-41-22-9-11-24-45(41)55(46(42)32-35)38-19-13-18-36(30-38)50-52-49(34-16-5-2-6-17-34)53-51(54-50)37-27-29-48-44(31-37)43-23-10-12-25-47(43)56-48/h2-3,5-8,10,13-24,26-32H,1,4,9,11-12,25H2. The summed E-state index contributed by atoms with van der Waals surface area (Å²) in [5, 5.41) is 4.89. The molecule has 5 nitrogen and oxygen atoms in total. The first-order chi connectivity index (χ1) is 27.7. The van der Waals surface area contributed by atoms with Crippen LogP contribution in [0.1, 0.15) is 49.0 Å². The van der Waals surface area contributed by atoms with Gasteiger partial charge in [-0.05, 0) is 90.8 Å². The van der Waals surface area contributed by atoms with Crippen molar-refractivity contribution in [3.05, 3.63) is 167 Å². The lowest BCUT2D eigenvalue weighted by Gasteiger charge is -2.14. The van der Waals surface area contributed by atoms with Gasteiger partial charge in [-0.15, -0.1) is 0 Å². The average molecular weight is 723 g/mol. The van der Waals surface area contributed by atoms with Crippen LogP contribution in [-0.2, 0) is 6.42 Å². The van der Waals surface area contributed by atoms with E-state index in [4.69, 9.17) is 19.4 Å². The molecule has 0 radical (unpaired) electrons. The molecule has 0 atom stereocenters. The van der Waals surface area contributed by atoms with Crippen LogP contribution < -0.4 is 10.6 Å². The molecule has 0 N–H and O–H groups in total. The molecule has 3 aromatic heterocycles. The highest BCUT2D eigenvalue weighted by molar-refractivity contribution is 5.94. The Morgan fingerprint density at radius 2 is 1.25 bits per heavy atom. The predicted octanol–water partition coefficient (Wildman–Crippen LogP) is 11.3. The van der Waals surface area contributed by atoms with E-state index in [2.05, 4.69) is 138 Å². The predicted molar refractivity (Wildman–Crippen MR) is 229 cm³/mol. The van der Waals surface area contributed by atoms with Gasteiger partial charge in [0.05, 0.1) is 5.52 Å². The lowest BCUT2D eigenvalue weighted by molar-refractivity contribution is 0.546. The van der Waals surface area contributed by atoms with Crippen molar-refractivity contribution in [2.24, 2.45) is 0 Å². The number of furan rings is 1. The summed E-state index contributed by atoms with van der Waals surface area (Å²) in [6, 6.07) is 40.9. The van der Waals surface area contributed by atoms with Gasteiger partial charge in [0.1, 0.15) is 11.3 Å². The van der Waals surface area contributed by atoms with Crippen molar-refractivity contribution in [1.29, 1.82) is 0 Å². The Bertz CT molecular complexity index is 3090. The van der Waals surface area contributed by atoms with Crippen LogP contribution in [0.25, 0.3) is 96.7 Å². The molecule has 0 spiro atoms. The molecule has 8 aromatic rings. The molecule has 0 aliphatic heterocycles. The number of nitrogens with zero attached hydrogens (tertiary/aromatic N) is 4. The summed E-state index contributed by atoms with van der Waals surface area (Å²) in [6.07, 6.45) is 22.3. The number of benzene rings is 5. The van der Waals surface area contributed by atoms with E-state index < -0.39 is 0 Å². The highest BCUT2D eigenvalue weighted by Crippen LogP contribution is 2.36. The minimum atomic E-state index is 0.633. The highest BCUT2D eigenvalue weighted by Gasteiger charge is 2.19. The van der Waals surface area contributed by atoms with E-state index in [0.717, 1.165) is 83.2 Å². The first-order valence-electron chi connectivity index (χ1n) is 19.7. The maximum atomic E-state index is 6.24. The van der Waals surface area contributed by atoms with Crippen LogP contribution in [0.4, 0.5) is 0 Å².